The predicted octanol–water partition coefficient (Wildman–Crippen LogP) is 4.60. The van der Waals surface area contributed by atoms with Crippen LogP contribution in [0.2, 0.25) is 0 Å². The predicted molar refractivity (Wildman–Crippen MR) is 127 cm³/mol. The molecule has 2 aromatic rings. The van der Waals surface area contributed by atoms with Gasteiger partial charge in [-0.1, -0.05) is 29.3 Å². The number of allylic oxidation sites excluding steroid dienone is 1. The smallest absolute Gasteiger partial charge is 0.264 e. The highest BCUT2D eigenvalue weighted by molar-refractivity contribution is 7.92. The Kier molecular flexibility index (Phi) is 8.33. The third-order valence-electron chi connectivity index (χ3n) is 5.49. The molecule has 1 N–H and O–H groups in total. The molecule has 3 rings (SSSR count). The van der Waals surface area contributed by atoms with Gasteiger partial charge in [0.05, 0.1) is 17.2 Å². The minimum absolute atomic E-state index is 0.150. The largest absolute Gasteiger partial charge is 0.494 e. The van der Waals surface area contributed by atoms with Crippen LogP contribution >= 0.6 is 0 Å². The molecule has 0 radical (unpaired) electrons. The Morgan fingerprint density at radius 1 is 1.06 bits per heavy atom. The van der Waals surface area contributed by atoms with Crippen LogP contribution in [0.3, 0.4) is 0 Å². The van der Waals surface area contributed by atoms with E-state index >= 15 is 0 Å². The lowest BCUT2D eigenvalue weighted by atomic mass is 9.97. The Bertz CT molecular complexity index is 1030. The number of aryl methyl sites for hydroxylation is 1. The average molecular weight is 457 g/mol. The summed E-state index contributed by atoms with van der Waals surface area (Å²) in [5, 5.41) is 2.88. The highest BCUT2D eigenvalue weighted by Crippen LogP contribution is 2.26. The summed E-state index contributed by atoms with van der Waals surface area (Å²) in [5.41, 5.74) is 2.75. The van der Waals surface area contributed by atoms with Gasteiger partial charge in [-0.25, -0.2) is 8.42 Å². The Morgan fingerprint density at radius 2 is 1.78 bits per heavy atom. The average Bonchev–Trinajstić information content (AvgIpc) is 2.79. The van der Waals surface area contributed by atoms with E-state index < -0.39 is 10.0 Å². The fourth-order valence-electron chi connectivity index (χ4n) is 3.71. The third kappa shape index (κ3) is 6.36. The molecule has 0 spiro atoms. The van der Waals surface area contributed by atoms with Crippen molar-refractivity contribution in [2.24, 2.45) is 0 Å². The molecule has 0 unspecified atom stereocenters. The Labute approximate surface area is 191 Å². The van der Waals surface area contributed by atoms with Crippen LogP contribution in [0.4, 0.5) is 5.69 Å². The fourth-order valence-corrected chi connectivity index (χ4v) is 5.13. The first kappa shape index (κ1) is 23.9. The molecular formula is C25H32N2O4S. The molecule has 172 valence electrons. The first-order chi connectivity index (χ1) is 15.4. The number of hydrogen-bond acceptors (Lipinski definition) is 4. The minimum Gasteiger partial charge on any atom is -0.494 e. The Hall–Kier alpha value is -2.80. The number of sulfonamides is 1. The monoisotopic (exact) mass is 456 g/mol. The van der Waals surface area contributed by atoms with Crippen molar-refractivity contribution < 1.29 is 17.9 Å². The molecule has 0 fully saturated rings. The Morgan fingerprint density at radius 3 is 2.41 bits per heavy atom. The molecular weight excluding hydrogens is 424 g/mol. The summed E-state index contributed by atoms with van der Waals surface area (Å²) in [6.07, 6.45) is 7.66. The van der Waals surface area contributed by atoms with E-state index in [-0.39, 0.29) is 17.3 Å². The lowest BCUT2D eigenvalue weighted by Gasteiger charge is -2.24. The first-order valence-electron chi connectivity index (χ1n) is 11.2. The Balaban J connectivity index is 1.77. The second kappa shape index (κ2) is 11.2. The van der Waals surface area contributed by atoms with Crippen LogP contribution in [0, 0.1) is 6.92 Å². The zero-order chi connectivity index (χ0) is 23.0. The normalized spacial score (nSPS) is 13.9. The van der Waals surface area contributed by atoms with Gasteiger partial charge in [0.2, 0.25) is 5.91 Å². The zero-order valence-corrected chi connectivity index (χ0v) is 19.7. The maximum atomic E-state index is 13.4. The van der Waals surface area contributed by atoms with E-state index in [0.29, 0.717) is 24.6 Å². The molecule has 0 aliphatic heterocycles. The number of nitrogens with zero attached hydrogens (tertiary/aromatic N) is 1. The van der Waals surface area contributed by atoms with Gasteiger partial charge in [0.1, 0.15) is 12.3 Å². The summed E-state index contributed by atoms with van der Waals surface area (Å²) in [6.45, 7) is 4.52. The first-order valence-corrected chi connectivity index (χ1v) is 12.6. The number of amides is 1. The van der Waals surface area contributed by atoms with Gasteiger partial charge in [-0.05, 0) is 82.3 Å². The molecule has 0 bridgehead atoms. The van der Waals surface area contributed by atoms with Gasteiger partial charge in [-0.3, -0.25) is 9.10 Å². The molecule has 32 heavy (non-hydrogen) atoms. The van der Waals surface area contributed by atoms with Gasteiger partial charge < -0.3 is 10.1 Å². The summed E-state index contributed by atoms with van der Waals surface area (Å²) in [7, 11) is -3.92. The molecule has 0 heterocycles. The number of rotatable bonds is 10. The topological polar surface area (TPSA) is 75.7 Å². The van der Waals surface area contributed by atoms with Gasteiger partial charge in [0.25, 0.3) is 10.0 Å². The molecule has 0 saturated heterocycles. The molecule has 1 amide bonds. The highest BCUT2D eigenvalue weighted by atomic mass is 32.2. The van der Waals surface area contributed by atoms with E-state index in [0.717, 1.165) is 29.1 Å². The van der Waals surface area contributed by atoms with Crippen molar-refractivity contribution in [2.75, 3.05) is 24.0 Å². The highest BCUT2D eigenvalue weighted by Gasteiger charge is 2.27. The molecule has 1 aliphatic carbocycles. The van der Waals surface area contributed by atoms with Gasteiger partial charge >= 0.3 is 0 Å². The van der Waals surface area contributed by atoms with Crippen molar-refractivity contribution in [1.82, 2.24) is 5.32 Å². The molecule has 1 aliphatic rings. The lowest BCUT2D eigenvalue weighted by Crippen LogP contribution is -2.41. The summed E-state index contributed by atoms with van der Waals surface area (Å²) >= 11 is 0. The number of ether oxygens (including phenoxy) is 1. The van der Waals surface area contributed by atoms with Crippen LogP contribution in [-0.4, -0.2) is 34.0 Å². The van der Waals surface area contributed by atoms with Crippen molar-refractivity contribution in [3.63, 3.8) is 0 Å². The standard InChI is InChI=1S/C25H32N2O4S/c1-3-31-23-13-11-22(12-14-23)27(32(29,30)24-15-9-20(2)10-16-24)19-25(28)26-18-17-21-7-5-4-6-8-21/h7,9-16H,3-6,8,17-19H2,1-2H3,(H,26,28). The van der Waals surface area contributed by atoms with Crippen LogP contribution in [0.5, 0.6) is 5.75 Å². The molecule has 6 nitrogen and oxygen atoms in total. The molecule has 2 aromatic carbocycles. The summed E-state index contributed by atoms with van der Waals surface area (Å²) in [6, 6.07) is 13.4. The van der Waals surface area contributed by atoms with Crippen molar-refractivity contribution in [3.8, 4) is 5.75 Å². The number of carbonyl (C=O) groups excluding carboxylic acids is 1. The molecule has 0 atom stereocenters. The van der Waals surface area contributed by atoms with E-state index in [2.05, 4.69) is 11.4 Å². The molecule has 7 heteroatoms. The maximum Gasteiger partial charge on any atom is 0.264 e. The van der Waals surface area contributed by atoms with Crippen molar-refractivity contribution >= 4 is 21.6 Å². The maximum absolute atomic E-state index is 13.4. The zero-order valence-electron chi connectivity index (χ0n) is 18.8. The van der Waals surface area contributed by atoms with Gasteiger partial charge in [0.15, 0.2) is 0 Å². The fraction of sp³-hybridized carbons (Fsp3) is 0.400. The number of nitrogens with one attached hydrogen (secondary N) is 1. The third-order valence-corrected chi connectivity index (χ3v) is 7.27. The second-order valence-electron chi connectivity index (χ2n) is 7.96. The number of anilines is 1. The van der Waals surface area contributed by atoms with Crippen LogP contribution in [0.15, 0.2) is 65.1 Å². The van der Waals surface area contributed by atoms with Gasteiger partial charge in [-0.15, -0.1) is 0 Å². The van der Waals surface area contributed by atoms with Gasteiger partial charge in [0, 0.05) is 6.54 Å². The quantitative estimate of drug-likeness (QED) is 0.531. The van der Waals surface area contributed by atoms with Crippen LogP contribution in [0.25, 0.3) is 0 Å². The van der Waals surface area contributed by atoms with Crippen LogP contribution < -0.4 is 14.4 Å². The number of hydrogen-bond donors (Lipinski definition) is 1. The van der Waals surface area contributed by atoms with E-state index in [1.807, 2.05) is 13.8 Å². The van der Waals surface area contributed by atoms with Crippen LogP contribution in [0.1, 0.15) is 44.6 Å². The van der Waals surface area contributed by atoms with Crippen molar-refractivity contribution in [2.45, 2.75) is 50.8 Å². The van der Waals surface area contributed by atoms with E-state index in [1.165, 1.54) is 18.4 Å². The van der Waals surface area contributed by atoms with Crippen molar-refractivity contribution in [3.05, 3.63) is 65.7 Å². The lowest BCUT2D eigenvalue weighted by molar-refractivity contribution is -0.119. The molecule has 0 saturated carbocycles. The van der Waals surface area contributed by atoms with Gasteiger partial charge in [-0.2, -0.15) is 0 Å². The second-order valence-corrected chi connectivity index (χ2v) is 9.82. The summed E-state index contributed by atoms with van der Waals surface area (Å²) < 4.78 is 33.5. The van der Waals surface area contributed by atoms with Crippen LogP contribution in [-0.2, 0) is 14.8 Å². The van der Waals surface area contributed by atoms with Crippen molar-refractivity contribution in [1.29, 1.82) is 0 Å². The number of carbonyl (C=O) groups is 1. The van der Waals surface area contributed by atoms with E-state index in [9.17, 15) is 13.2 Å². The minimum atomic E-state index is -3.92. The molecule has 0 aromatic heterocycles. The van der Waals surface area contributed by atoms with E-state index in [4.69, 9.17) is 4.74 Å². The SMILES string of the molecule is CCOc1ccc(N(CC(=O)NCCC2=CCCCC2)S(=O)(=O)c2ccc(C)cc2)cc1. The summed E-state index contributed by atoms with van der Waals surface area (Å²) in [5.74, 6) is 0.320. The van der Waals surface area contributed by atoms with E-state index in [1.54, 1.807) is 48.5 Å². The summed E-state index contributed by atoms with van der Waals surface area (Å²) in [4.78, 5) is 12.9. The number of benzene rings is 2.